The zero-order valence-electron chi connectivity index (χ0n) is 13.5. The van der Waals surface area contributed by atoms with Crippen LogP contribution < -0.4 is 9.47 Å². The topological polar surface area (TPSA) is 38.8 Å². The van der Waals surface area contributed by atoms with Gasteiger partial charge < -0.3 is 14.4 Å². The predicted octanol–water partition coefficient (Wildman–Crippen LogP) is 3.51. The molecule has 0 saturated carbocycles. The Bertz CT molecular complexity index is 688. The van der Waals surface area contributed by atoms with E-state index < -0.39 is 5.82 Å². The van der Waals surface area contributed by atoms with Crippen LogP contribution in [0.25, 0.3) is 0 Å². The first-order valence-corrected chi connectivity index (χ1v) is 7.36. The van der Waals surface area contributed by atoms with Crippen molar-refractivity contribution in [2.75, 3.05) is 20.8 Å². The Morgan fingerprint density at radius 2 is 1.91 bits per heavy atom. The van der Waals surface area contributed by atoms with Gasteiger partial charge in [0, 0.05) is 13.6 Å². The van der Waals surface area contributed by atoms with Gasteiger partial charge in [-0.1, -0.05) is 18.2 Å². The lowest BCUT2D eigenvalue weighted by Crippen LogP contribution is -2.26. The Hall–Kier alpha value is -2.56. The Morgan fingerprint density at radius 1 is 1.17 bits per heavy atom. The van der Waals surface area contributed by atoms with E-state index >= 15 is 0 Å². The third-order valence-electron chi connectivity index (χ3n) is 3.40. The van der Waals surface area contributed by atoms with E-state index in [1.807, 2.05) is 13.0 Å². The van der Waals surface area contributed by atoms with Crippen molar-refractivity contribution in [3.63, 3.8) is 0 Å². The van der Waals surface area contributed by atoms with Crippen LogP contribution in [-0.4, -0.2) is 31.6 Å². The number of amides is 1. The number of methoxy groups -OCH3 is 1. The minimum Gasteiger partial charge on any atom is -0.494 e. The molecular weight excluding hydrogens is 297 g/mol. The standard InChI is InChI=1S/C18H20FNO3/c1-4-23-16-8-6-5-7-14(16)18(21)20(2)12-13-9-10-17(22-3)15(19)11-13/h5-11H,4,12H2,1-3H3. The number of hydrogen-bond donors (Lipinski definition) is 0. The molecule has 2 rings (SSSR count). The Balaban J connectivity index is 2.16. The molecule has 0 aliphatic rings. The van der Waals surface area contributed by atoms with E-state index in [1.54, 1.807) is 37.4 Å². The molecule has 1 amide bonds. The highest BCUT2D eigenvalue weighted by atomic mass is 19.1. The number of carbonyl (C=O) groups is 1. The summed E-state index contributed by atoms with van der Waals surface area (Å²) in [7, 11) is 3.09. The molecule has 5 heteroatoms. The number of benzene rings is 2. The average molecular weight is 317 g/mol. The van der Waals surface area contributed by atoms with Crippen molar-refractivity contribution in [2.24, 2.45) is 0 Å². The van der Waals surface area contributed by atoms with Crippen molar-refractivity contribution in [1.29, 1.82) is 0 Å². The number of hydrogen-bond acceptors (Lipinski definition) is 3. The van der Waals surface area contributed by atoms with Gasteiger partial charge in [0.15, 0.2) is 11.6 Å². The van der Waals surface area contributed by atoms with Crippen molar-refractivity contribution in [3.8, 4) is 11.5 Å². The fourth-order valence-electron chi connectivity index (χ4n) is 2.28. The van der Waals surface area contributed by atoms with Crippen LogP contribution >= 0.6 is 0 Å². The molecule has 0 radical (unpaired) electrons. The van der Waals surface area contributed by atoms with Crippen LogP contribution in [0, 0.1) is 5.82 Å². The first-order chi connectivity index (χ1) is 11.1. The molecule has 0 unspecified atom stereocenters. The third kappa shape index (κ3) is 4.00. The van der Waals surface area contributed by atoms with Crippen LogP contribution in [-0.2, 0) is 6.54 Å². The molecule has 0 heterocycles. The van der Waals surface area contributed by atoms with E-state index in [-0.39, 0.29) is 11.7 Å². The van der Waals surface area contributed by atoms with Gasteiger partial charge in [-0.3, -0.25) is 4.79 Å². The molecule has 0 bridgehead atoms. The van der Waals surface area contributed by atoms with Gasteiger partial charge >= 0.3 is 0 Å². The second-order valence-corrected chi connectivity index (χ2v) is 5.06. The lowest BCUT2D eigenvalue weighted by Gasteiger charge is -2.19. The number of halogens is 1. The zero-order valence-corrected chi connectivity index (χ0v) is 13.5. The highest BCUT2D eigenvalue weighted by Gasteiger charge is 2.17. The van der Waals surface area contributed by atoms with E-state index in [2.05, 4.69) is 0 Å². The predicted molar refractivity (Wildman–Crippen MR) is 86.4 cm³/mol. The first kappa shape index (κ1) is 16.8. The average Bonchev–Trinajstić information content (AvgIpc) is 2.55. The van der Waals surface area contributed by atoms with E-state index in [1.165, 1.54) is 18.1 Å². The molecule has 0 fully saturated rings. The largest absolute Gasteiger partial charge is 0.494 e. The summed E-state index contributed by atoms with van der Waals surface area (Å²) in [4.78, 5) is 14.1. The lowest BCUT2D eigenvalue weighted by atomic mass is 10.1. The molecule has 0 spiro atoms. The number of nitrogens with zero attached hydrogens (tertiary/aromatic N) is 1. The fraction of sp³-hybridized carbons (Fsp3) is 0.278. The summed E-state index contributed by atoms with van der Waals surface area (Å²) in [5.74, 6) is 0.114. The smallest absolute Gasteiger partial charge is 0.257 e. The molecule has 0 aliphatic heterocycles. The Kier molecular flexibility index (Phi) is 5.57. The van der Waals surface area contributed by atoms with Crippen LogP contribution in [0.2, 0.25) is 0 Å². The minimum atomic E-state index is -0.444. The monoisotopic (exact) mass is 317 g/mol. The highest BCUT2D eigenvalue weighted by molar-refractivity contribution is 5.96. The summed E-state index contributed by atoms with van der Waals surface area (Å²) in [6, 6.07) is 11.8. The highest BCUT2D eigenvalue weighted by Crippen LogP contribution is 2.22. The number of ether oxygens (including phenoxy) is 2. The number of rotatable bonds is 6. The second-order valence-electron chi connectivity index (χ2n) is 5.06. The van der Waals surface area contributed by atoms with Gasteiger partial charge in [-0.15, -0.1) is 0 Å². The number of para-hydroxylation sites is 1. The third-order valence-corrected chi connectivity index (χ3v) is 3.40. The van der Waals surface area contributed by atoms with E-state index in [4.69, 9.17) is 9.47 Å². The van der Waals surface area contributed by atoms with E-state index in [0.29, 0.717) is 30.0 Å². The summed E-state index contributed by atoms with van der Waals surface area (Å²) in [5, 5.41) is 0. The van der Waals surface area contributed by atoms with E-state index in [9.17, 15) is 9.18 Å². The Morgan fingerprint density at radius 3 is 2.57 bits per heavy atom. The summed E-state index contributed by atoms with van der Waals surface area (Å²) in [6.45, 7) is 2.64. The van der Waals surface area contributed by atoms with Crippen molar-refractivity contribution in [1.82, 2.24) is 4.90 Å². The molecule has 0 aromatic heterocycles. The van der Waals surface area contributed by atoms with Gasteiger partial charge in [0.25, 0.3) is 5.91 Å². The SMILES string of the molecule is CCOc1ccccc1C(=O)N(C)Cc1ccc(OC)c(F)c1. The normalized spacial score (nSPS) is 10.3. The summed E-state index contributed by atoms with van der Waals surface area (Å²) >= 11 is 0. The van der Waals surface area contributed by atoms with Crippen LogP contribution in [0.4, 0.5) is 4.39 Å². The van der Waals surface area contributed by atoms with E-state index in [0.717, 1.165) is 0 Å². The minimum absolute atomic E-state index is 0.176. The van der Waals surface area contributed by atoms with Crippen LogP contribution in [0.5, 0.6) is 11.5 Å². The van der Waals surface area contributed by atoms with Gasteiger partial charge in [-0.2, -0.15) is 0 Å². The second kappa shape index (κ2) is 7.63. The van der Waals surface area contributed by atoms with Crippen LogP contribution in [0.3, 0.4) is 0 Å². The maximum atomic E-state index is 13.7. The van der Waals surface area contributed by atoms with Crippen LogP contribution in [0.1, 0.15) is 22.8 Å². The molecule has 2 aromatic carbocycles. The van der Waals surface area contributed by atoms with Gasteiger partial charge in [0.2, 0.25) is 0 Å². The molecule has 0 aliphatic carbocycles. The summed E-state index contributed by atoms with van der Waals surface area (Å²) in [6.07, 6.45) is 0. The molecule has 0 N–H and O–H groups in total. The summed E-state index contributed by atoms with van der Waals surface area (Å²) in [5.41, 5.74) is 1.18. The molecular formula is C18H20FNO3. The van der Waals surface area contributed by atoms with Gasteiger partial charge in [0.05, 0.1) is 19.3 Å². The van der Waals surface area contributed by atoms with Crippen molar-refractivity contribution >= 4 is 5.91 Å². The van der Waals surface area contributed by atoms with Gasteiger partial charge in [-0.05, 0) is 36.8 Å². The van der Waals surface area contributed by atoms with Crippen molar-refractivity contribution in [3.05, 3.63) is 59.4 Å². The maximum absolute atomic E-state index is 13.7. The molecule has 0 atom stereocenters. The van der Waals surface area contributed by atoms with Gasteiger partial charge in [-0.25, -0.2) is 4.39 Å². The first-order valence-electron chi connectivity index (χ1n) is 7.36. The zero-order chi connectivity index (χ0) is 16.8. The van der Waals surface area contributed by atoms with Crippen molar-refractivity contribution < 1.29 is 18.7 Å². The molecule has 23 heavy (non-hydrogen) atoms. The van der Waals surface area contributed by atoms with Crippen LogP contribution in [0.15, 0.2) is 42.5 Å². The molecule has 122 valence electrons. The quantitative estimate of drug-likeness (QED) is 0.818. The number of carbonyl (C=O) groups excluding carboxylic acids is 1. The van der Waals surface area contributed by atoms with Gasteiger partial charge in [0.1, 0.15) is 5.75 Å². The molecule has 4 nitrogen and oxygen atoms in total. The molecule has 0 saturated heterocycles. The molecule has 2 aromatic rings. The summed E-state index contributed by atoms with van der Waals surface area (Å²) < 4.78 is 24.1. The fourth-order valence-corrected chi connectivity index (χ4v) is 2.28. The van der Waals surface area contributed by atoms with Crippen molar-refractivity contribution in [2.45, 2.75) is 13.5 Å². The maximum Gasteiger partial charge on any atom is 0.257 e. The Labute approximate surface area is 135 Å². The lowest BCUT2D eigenvalue weighted by molar-refractivity contribution is 0.0780.